The molecule has 2 N–H and O–H groups in total. The Hall–Kier alpha value is -3.55. The maximum Gasteiger partial charge on any atom is 0.315 e. The number of halogens is 1. The van der Waals surface area contributed by atoms with Crippen molar-refractivity contribution in [3.05, 3.63) is 101 Å². The van der Waals surface area contributed by atoms with Gasteiger partial charge in [-0.05, 0) is 54.1 Å². The number of carbonyl (C=O) groups excluding carboxylic acids is 3. The van der Waals surface area contributed by atoms with Crippen LogP contribution in [0.4, 0.5) is 5.69 Å². The van der Waals surface area contributed by atoms with Crippen LogP contribution in [0.15, 0.2) is 89.5 Å². The van der Waals surface area contributed by atoms with Gasteiger partial charge in [-0.1, -0.05) is 48.0 Å². The van der Waals surface area contributed by atoms with E-state index in [1.54, 1.807) is 78.9 Å². The minimum Gasteiger partial charge on any atom is -0.468 e. The minimum absolute atomic E-state index is 0.0544. The van der Waals surface area contributed by atoms with E-state index in [-0.39, 0.29) is 17.4 Å². The molecular weight excluding hydrogens is 460 g/mol. The number of nitrogens with one attached hydrogen (secondary N) is 2. The molecule has 2 amide bonds. The highest BCUT2D eigenvalue weighted by Gasteiger charge is 2.15. The van der Waals surface area contributed by atoms with E-state index in [1.165, 1.54) is 18.9 Å². The van der Waals surface area contributed by atoms with Gasteiger partial charge in [0.2, 0.25) is 0 Å². The van der Waals surface area contributed by atoms with E-state index in [1.807, 2.05) is 6.07 Å². The quantitative estimate of drug-likeness (QED) is 0.269. The van der Waals surface area contributed by atoms with Crippen molar-refractivity contribution < 1.29 is 19.1 Å². The van der Waals surface area contributed by atoms with Gasteiger partial charge in [-0.25, -0.2) is 0 Å². The lowest BCUT2D eigenvalue weighted by Crippen LogP contribution is -2.30. The Morgan fingerprint density at radius 3 is 2.45 bits per heavy atom. The summed E-state index contributed by atoms with van der Waals surface area (Å²) in [6, 6.07) is 22.6. The Morgan fingerprint density at radius 2 is 1.73 bits per heavy atom. The molecule has 0 fully saturated rings. The van der Waals surface area contributed by atoms with Crippen LogP contribution < -0.4 is 10.6 Å². The number of hydrogen-bond acceptors (Lipinski definition) is 5. The molecule has 168 valence electrons. The highest BCUT2D eigenvalue weighted by Crippen LogP contribution is 2.22. The van der Waals surface area contributed by atoms with E-state index in [0.29, 0.717) is 21.8 Å². The Balaban J connectivity index is 1.82. The third-order valence-corrected chi connectivity index (χ3v) is 5.57. The number of anilines is 1. The molecule has 0 atom stereocenters. The van der Waals surface area contributed by atoms with E-state index in [0.717, 1.165) is 4.90 Å². The van der Waals surface area contributed by atoms with Gasteiger partial charge in [0.25, 0.3) is 11.8 Å². The predicted molar refractivity (Wildman–Crippen MR) is 131 cm³/mol. The summed E-state index contributed by atoms with van der Waals surface area (Å²) < 4.78 is 4.65. The average molecular weight is 481 g/mol. The smallest absolute Gasteiger partial charge is 0.315 e. The summed E-state index contributed by atoms with van der Waals surface area (Å²) in [5.74, 6) is -1.11. The highest BCUT2D eigenvalue weighted by molar-refractivity contribution is 8.00. The molecule has 0 aromatic heterocycles. The van der Waals surface area contributed by atoms with Gasteiger partial charge in [-0.15, -0.1) is 11.8 Å². The van der Waals surface area contributed by atoms with Crippen molar-refractivity contribution in [1.82, 2.24) is 5.32 Å². The molecule has 0 saturated carbocycles. The summed E-state index contributed by atoms with van der Waals surface area (Å²) in [4.78, 5) is 37.9. The summed E-state index contributed by atoms with van der Waals surface area (Å²) in [6.07, 6.45) is 1.55. The molecule has 33 heavy (non-hydrogen) atoms. The fraction of sp³-hybridized carbons (Fsp3) is 0.0800. The van der Waals surface area contributed by atoms with E-state index in [4.69, 9.17) is 11.6 Å². The third-order valence-electron chi connectivity index (χ3n) is 4.36. The second-order valence-corrected chi connectivity index (χ2v) is 8.27. The lowest BCUT2D eigenvalue weighted by Gasteiger charge is -2.12. The van der Waals surface area contributed by atoms with Gasteiger partial charge in [0.05, 0.1) is 12.9 Å². The second-order valence-electron chi connectivity index (χ2n) is 6.78. The van der Waals surface area contributed by atoms with Crippen molar-refractivity contribution in [2.45, 2.75) is 4.90 Å². The van der Waals surface area contributed by atoms with E-state index >= 15 is 0 Å². The number of methoxy groups -OCH3 is 1. The largest absolute Gasteiger partial charge is 0.468 e. The number of esters is 1. The predicted octanol–water partition coefficient (Wildman–Crippen LogP) is 5.01. The van der Waals surface area contributed by atoms with Crippen molar-refractivity contribution in [3.8, 4) is 0 Å². The van der Waals surface area contributed by atoms with Crippen LogP contribution in [0.2, 0.25) is 5.02 Å². The molecule has 0 spiro atoms. The SMILES string of the molecule is COC(=O)CSc1cccc(NC(=O)/C(=C/c2cccc(Cl)c2)NC(=O)c2ccccc2)c1. The maximum atomic E-state index is 13.1. The first kappa shape index (κ1) is 24.1. The van der Waals surface area contributed by atoms with Crippen LogP contribution in [0.1, 0.15) is 15.9 Å². The number of carbonyl (C=O) groups is 3. The Morgan fingerprint density at radius 1 is 0.970 bits per heavy atom. The first-order valence-corrected chi connectivity index (χ1v) is 11.3. The molecular formula is C25H21ClN2O4S. The van der Waals surface area contributed by atoms with Crippen molar-refractivity contribution in [2.75, 3.05) is 18.2 Å². The van der Waals surface area contributed by atoms with Crippen molar-refractivity contribution in [3.63, 3.8) is 0 Å². The number of thioether (sulfide) groups is 1. The number of benzene rings is 3. The highest BCUT2D eigenvalue weighted by atomic mass is 35.5. The van der Waals surface area contributed by atoms with Crippen LogP contribution >= 0.6 is 23.4 Å². The summed E-state index contributed by atoms with van der Waals surface area (Å²) in [5, 5.41) is 5.98. The molecule has 0 aliphatic rings. The maximum absolute atomic E-state index is 13.1. The number of hydrogen-bond donors (Lipinski definition) is 2. The summed E-state index contributed by atoms with van der Waals surface area (Å²) in [6.45, 7) is 0. The van der Waals surface area contributed by atoms with Crippen LogP contribution in [-0.2, 0) is 14.3 Å². The molecule has 8 heteroatoms. The monoisotopic (exact) mass is 480 g/mol. The van der Waals surface area contributed by atoms with E-state index in [2.05, 4.69) is 15.4 Å². The van der Waals surface area contributed by atoms with Gasteiger partial charge in [0, 0.05) is 21.2 Å². The molecule has 0 heterocycles. The van der Waals surface area contributed by atoms with Gasteiger partial charge in [-0.3, -0.25) is 14.4 Å². The standard InChI is InChI=1S/C25H21ClN2O4S/c1-32-23(29)16-33-21-12-6-11-20(15-21)27-25(31)22(14-17-7-5-10-19(26)13-17)28-24(30)18-8-3-2-4-9-18/h2-15H,16H2,1H3,(H,27,31)(H,28,30)/b22-14-. The first-order chi connectivity index (χ1) is 15.9. The number of ether oxygens (including phenoxy) is 1. The lowest BCUT2D eigenvalue weighted by molar-refractivity contribution is -0.137. The second kappa shape index (κ2) is 11.9. The van der Waals surface area contributed by atoms with Crippen molar-refractivity contribution in [2.24, 2.45) is 0 Å². The zero-order chi connectivity index (χ0) is 23.6. The Bertz CT molecular complexity index is 1180. The molecule has 0 saturated heterocycles. The number of rotatable bonds is 8. The normalized spacial score (nSPS) is 10.9. The molecule has 3 rings (SSSR count). The van der Waals surface area contributed by atoms with Crippen molar-refractivity contribution in [1.29, 1.82) is 0 Å². The average Bonchev–Trinajstić information content (AvgIpc) is 2.83. The Labute approximate surface area is 201 Å². The zero-order valence-electron chi connectivity index (χ0n) is 17.7. The van der Waals surface area contributed by atoms with Crippen molar-refractivity contribution >= 4 is 52.9 Å². The van der Waals surface area contributed by atoms with Crippen LogP contribution in [0.3, 0.4) is 0 Å². The molecule has 0 bridgehead atoms. The van der Waals surface area contributed by atoms with Gasteiger partial charge in [0.1, 0.15) is 5.70 Å². The Kier molecular flexibility index (Phi) is 8.69. The fourth-order valence-corrected chi connectivity index (χ4v) is 3.75. The van der Waals surface area contributed by atoms with Gasteiger partial charge in [-0.2, -0.15) is 0 Å². The van der Waals surface area contributed by atoms with Gasteiger partial charge in [0.15, 0.2) is 0 Å². The summed E-state index contributed by atoms with van der Waals surface area (Å²) in [5.41, 5.74) is 1.64. The summed E-state index contributed by atoms with van der Waals surface area (Å²) in [7, 11) is 1.33. The first-order valence-electron chi connectivity index (χ1n) is 9.89. The van der Waals surface area contributed by atoms with Gasteiger partial charge >= 0.3 is 5.97 Å². The zero-order valence-corrected chi connectivity index (χ0v) is 19.3. The molecule has 0 unspecified atom stereocenters. The molecule has 0 aliphatic heterocycles. The lowest BCUT2D eigenvalue weighted by atomic mass is 10.1. The third kappa shape index (κ3) is 7.52. The molecule has 3 aromatic rings. The molecule has 6 nitrogen and oxygen atoms in total. The molecule has 3 aromatic carbocycles. The van der Waals surface area contributed by atoms with Crippen LogP contribution in [0.25, 0.3) is 6.08 Å². The fourth-order valence-electron chi connectivity index (χ4n) is 2.77. The van der Waals surface area contributed by atoms with Gasteiger partial charge < -0.3 is 15.4 Å². The van der Waals surface area contributed by atoms with E-state index in [9.17, 15) is 14.4 Å². The van der Waals surface area contributed by atoms with Crippen LogP contribution in [-0.4, -0.2) is 30.6 Å². The van der Waals surface area contributed by atoms with Crippen LogP contribution in [0.5, 0.6) is 0 Å². The topological polar surface area (TPSA) is 84.5 Å². The van der Waals surface area contributed by atoms with E-state index < -0.39 is 11.8 Å². The molecule has 0 aliphatic carbocycles. The summed E-state index contributed by atoms with van der Waals surface area (Å²) >= 11 is 7.36. The number of amides is 2. The minimum atomic E-state index is -0.505. The van der Waals surface area contributed by atoms with Crippen LogP contribution in [0, 0.1) is 0 Å². The molecule has 0 radical (unpaired) electrons.